The minimum absolute atomic E-state index is 0.0119. The van der Waals surface area contributed by atoms with Crippen molar-refractivity contribution in [1.29, 1.82) is 0 Å². The molecule has 10 nitrogen and oxygen atoms in total. The van der Waals surface area contributed by atoms with Gasteiger partial charge in [0.05, 0.1) is 31.1 Å². The second-order valence-corrected chi connectivity index (χ2v) is 11.3. The first kappa shape index (κ1) is 28.2. The van der Waals surface area contributed by atoms with Crippen molar-refractivity contribution in [2.75, 3.05) is 44.4 Å². The van der Waals surface area contributed by atoms with Gasteiger partial charge in [-0.1, -0.05) is 6.92 Å². The Balaban J connectivity index is 1.46. The van der Waals surface area contributed by atoms with E-state index in [0.717, 1.165) is 4.31 Å². The molecule has 2 saturated heterocycles. The minimum Gasteiger partial charge on any atom is -0.488 e. The molecule has 1 aromatic carbocycles. The first-order valence-electron chi connectivity index (χ1n) is 13.0. The third kappa shape index (κ3) is 5.74. The molecule has 2 aliphatic heterocycles. The van der Waals surface area contributed by atoms with Crippen LogP contribution in [-0.2, 0) is 14.9 Å². The molecule has 2 aliphatic rings. The number of fused-ring (bicyclic) bond motifs is 1. The molecule has 1 amide bonds. The fourth-order valence-electron chi connectivity index (χ4n) is 5.12. The van der Waals surface area contributed by atoms with E-state index in [9.17, 15) is 26.4 Å². The molecule has 1 N–H and O–H groups in total. The number of carbonyl (C=O) groups excluding carboxylic acids is 1. The molecule has 0 aliphatic carbocycles. The molecular formula is C26H30F3N5O5S. The molecule has 2 fully saturated rings. The predicted molar refractivity (Wildman–Crippen MR) is 141 cm³/mol. The van der Waals surface area contributed by atoms with Gasteiger partial charge in [-0.05, 0) is 30.3 Å². The molecule has 3 aromatic rings. The summed E-state index contributed by atoms with van der Waals surface area (Å²) in [7, 11) is -4.29. The van der Waals surface area contributed by atoms with Crippen LogP contribution in [0.4, 0.5) is 18.9 Å². The maximum absolute atomic E-state index is 14.9. The van der Waals surface area contributed by atoms with Crippen LogP contribution in [0.2, 0.25) is 0 Å². The predicted octanol–water partition coefficient (Wildman–Crippen LogP) is 3.20. The number of nitrogens with one attached hydrogen (secondary N) is 1. The molecule has 0 spiro atoms. The lowest BCUT2D eigenvalue weighted by Gasteiger charge is -2.29. The molecule has 2 unspecified atom stereocenters. The molecule has 2 aromatic heterocycles. The number of imidazole rings is 1. The number of carbonyl (C=O) groups is 1. The summed E-state index contributed by atoms with van der Waals surface area (Å²) in [6.07, 6.45) is 2.16. The lowest BCUT2D eigenvalue weighted by Crippen LogP contribution is -2.44. The molecule has 0 bridgehead atoms. The van der Waals surface area contributed by atoms with Gasteiger partial charge >= 0.3 is 10.2 Å². The first-order chi connectivity index (χ1) is 19.2. The highest BCUT2D eigenvalue weighted by molar-refractivity contribution is 7.87. The van der Waals surface area contributed by atoms with Gasteiger partial charge in [-0.25, -0.2) is 22.9 Å². The Labute approximate surface area is 229 Å². The Morgan fingerprint density at radius 1 is 1.30 bits per heavy atom. The van der Waals surface area contributed by atoms with Crippen molar-refractivity contribution in [1.82, 2.24) is 18.4 Å². The number of ether oxygens (including phenoxy) is 2. The van der Waals surface area contributed by atoms with Crippen LogP contribution < -0.4 is 14.4 Å². The quantitative estimate of drug-likeness (QED) is 0.392. The maximum Gasteiger partial charge on any atom is 0.304 e. The number of anilines is 1. The summed E-state index contributed by atoms with van der Waals surface area (Å²) in [4.78, 5) is 18.9. The first-order valence-corrected chi connectivity index (χ1v) is 14.4. The van der Waals surface area contributed by atoms with Gasteiger partial charge in [0, 0.05) is 44.2 Å². The van der Waals surface area contributed by atoms with Crippen LogP contribution in [-0.4, -0.2) is 79.8 Å². The van der Waals surface area contributed by atoms with E-state index in [-0.39, 0.29) is 31.3 Å². The number of amides is 1. The summed E-state index contributed by atoms with van der Waals surface area (Å²) in [6, 6.07) is 6.93. The number of hydrogen-bond acceptors (Lipinski definition) is 7. The normalized spacial score (nSPS) is 21.4. The Hall–Kier alpha value is -3.36. The molecule has 3 atom stereocenters. The summed E-state index contributed by atoms with van der Waals surface area (Å²) in [6.45, 7) is 1.21. The zero-order valence-electron chi connectivity index (χ0n) is 21.8. The summed E-state index contributed by atoms with van der Waals surface area (Å²) >= 11 is 0. The smallest absolute Gasteiger partial charge is 0.304 e. The van der Waals surface area contributed by atoms with Gasteiger partial charge in [-0.3, -0.25) is 9.20 Å². The van der Waals surface area contributed by atoms with E-state index >= 15 is 0 Å². The molecule has 5 rings (SSSR count). The van der Waals surface area contributed by atoms with Crippen molar-refractivity contribution < 1.29 is 35.9 Å². The molecule has 4 heterocycles. The second-order valence-electron chi connectivity index (χ2n) is 9.66. The van der Waals surface area contributed by atoms with E-state index in [4.69, 9.17) is 9.47 Å². The second kappa shape index (κ2) is 11.6. The number of rotatable bonds is 10. The number of halogens is 3. The van der Waals surface area contributed by atoms with Crippen molar-refractivity contribution in [2.24, 2.45) is 0 Å². The van der Waals surface area contributed by atoms with Gasteiger partial charge in [0.25, 0.3) is 5.91 Å². The maximum atomic E-state index is 14.9. The Bertz CT molecular complexity index is 1480. The van der Waals surface area contributed by atoms with E-state index in [2.05, 4.69) is 4.98 Å². The van der Waals surface area contributed by atoms with Gasteiger partial charge in [-0.2, -0.15) is 12.7 Å². The highest BCUT2D eigenvalue weighted by Crippen LogP contribution is 2.42. The summed E-state index contributed by atoms with van der Waals surface area (Å²) in [5, 5.41) is 0. The fraction of sp³-hybridized carbons (Fsp3) is 0.462. The van der Waals surface area contributed by atoms with Crippen LogP contribution in [0.3, 0.4) is 0 Å². The molecule has 216 valence electrons. The van der Waals surface area contributed by atoms with Gasteiger partial charge in [-0.15, -0.1) is 0 Å². The van der Waals surface area contributed by atoms with Gasteiger partial charge in [0.1, 0.15) is 41.9 Å². The van der Waals surface area contributed by atoms with Crippen LogP contribution in [0.25, 0.3) is 5.65 Å². The van der Waals surface area contributed by atoms with Crippen molar-refractivity contribution in [3.05, 3.63) is 59.8 Å². The van der Waals surface area contributed by atoms with Gasteiger partial charge in [0.15, 0.2) is 0 Å². The van der Waals surface area contributed by atoms with Crippen LogP contribution in [0.5, 0.6) is 5.75 Å². The Morgan fingerprint density at radius 2 is 2.12 bits per heavy atom. The standard InChI is InChI=1S/C26H30F3N5O5S/c1-2-32(9-8-27)40(36,37)31-26(35)23-13-30-25-6-4-19(15-34(23)25)33-14-18(29)12-22(33)21-11-17(28)3-5-24(21)39-20-7-10-38-16-20/h3-6,11,13,15,18,20,22H,2,7-10,12,14,16H2,1H3,(H,31,35)/t18?,20-,22?/m1/s1. The summed E-state index contributed by atoms with van der Waals surface area (Å²) in [5.74, 6) is -0.988. The van der Waals surface area contributed by atoms with E-state index in [1.165, 1.54) is 35.7 Å². The summed E-state index contributed by atoms with van der Waals surface area (Å²) < 4.78 is 82.9. The van der Waals surface area contributed by atoms with Crippen LogP contribution >= 0.6 is 0 Å². The molecule has 40 heavy (non-hydrogen) atoms. The fourth-order valence-corrected chi connectivity index (χ4v) is 6.24. The van der Waals surface area contributed by atoms with E-state index in [1.807, 2.05) is 4.72 Å². The van der Waals surface area contributed by atoms with E-state index in [0.29, 0.717) is 42.3 Å². The molecular weight excluding hydrogens is 551 g/mol. The number of aromatic nitrogens is 2. The van der Waals surface area contributed by atoms with Crippen LogP contribution in [0, 0.1) is 5.82 Å². The number of pyridine rings is 1. The average Bonchev–Trinajstić information content (AvgIpc) is 3.67. The van der Waals surface area contributed by atoms with E-state index < -0.39 is 47.4 Å². The van der Waals surface area contributed by atoms with Crippen LogP contribution in [0.15, 0.2) is 42.7 Å². The number of benzene rings is 1. The zero-order chi connectivity index (χ0) is 28.4. The third-order valence-electron chi connectivity index (χ3n) is 7.06. The van der Waals surface area contributed by atoms with Crippen molar-refractivity contribution in [3.63, 3.8) is 0 Å². The van der Waals surface area contributed by atoms with Gasteiger partial charge < -0.3 is 14.4 Å². The number of alkyl halides is 2. The topological polar surface area (TPSA) is 105 Å². The van der Waals surface area contributed by atoms with Gasteiger partial charge in [0.2, 0.25) is 0 Å². The van der Waals surface area contributed by atoms with Crippen molar-refractivity contribution in [2.45, 2.75) is 38.1 Å². The third-order valence-corrected chi connectivity index (χ3v) is 8.63. The average molecular weight is 582 g/mol. The largest absolute Gasteiger partial charge is 0.488 e. The lowest BCUT2D eigenvalue weighted by molar-refractivity contribution is 0.0973. The Kier molecular flexibility index (Phi) is 8.19. The number of nitrogens with zero attached hydrogens (tertiary/aromatic N) is 4. The summed E-state index contributed by atoms with van der Waals surface area (Å²) in [5.41, 5.74) is 1.28. The highest BCUT2D eigenvalue weighted by Gasteiger charge is 2.36. The molecule has 14 heteroatoms. The molecule has 0 radical (unpaired) electrons. The minimum atomic E-state index is -4.29. The number of hydrogen-bond donors (Lipinski definition) is 1. The lowest BCUT2D eigenvalue weighted by atomic mass is 10.0. The van der Waals surface area contributed by atoms with Crippen molar-refractivity contribution >= 4 is 27.5 Å². The van der Waals surface area contributed by atoms with Crippen molar-refractivity contribution in [3.8, 4) is 5.75 Å². The monoisotopic (exact) mass is 581 g/mol. The zero-order valence-corrected chi connectivity index (χ0v) is 22.6. The SMILES string of the molecule is CCN(CCF)S(=O)(=O)NC(=O)c1cnc2ccc(N3CC(F)CC3c3cc(F)ccc3O[C@@H]3CCOC3)cn12. The van der Waals surface area contributed by atoms with E-state index in [1.54, 1.807) is 23.2 Å². The Morgan fingerprint density at radius 3 is 2.85 bits per heavy atom. The highest BCUT2D eigenvalue weighted by atomic mass is 32.2. The molecule has 0 saturated carbocycles. The van der Waals surface area contributed by atoms with Crippen LogP contribution in [0.1, 0.15) is 41.9 Å².